The molecule has 0 spiro atoms. The van der Waals surface area contributed by atoms with Crippen LogP contribution in [0.3, 0.4) is 0 Å². The first-order chi connectivity index (χ1) is 9.69. The lowest BCUT2D eigenvalue weighted by molar-refractivity contribution is 1.46. The third-order valence-electron chi connectivity index (χ3n) is 3.14. The number of nitrogens with two attached hydrogens (primary N) is 1. The highest BCUT2D eigenvalue weighted by Gasteiger charge is 2.11. The summed E-state index contributed by atoms with van der Waals surface area (Å²) in [5.41, 5.74) is 9.05. The number of thiophene rings is 1. The number of nitrogens with zero attached hydrogens (tertiary/aromatic N) is 1. The molecule has 2 N–H and O–H groups in total. The minimum atomic E-state index is 0.769. The Bertz CT molecular complexity index is 772. The Morgan fingerprint density at radius 1 is 1.20 bits per heavy atom. The first kappa shape index (κ1) is 13.3. The number of rotatable bonds is 2. The normalized spacial score (nSPS) is 11.5. The Balaban J connectivity index is 2.22. The van der Waals surface area contributed by atoms with E-state index < -0.39 is 0 Å². The highest BCUT2D eigenvalue weighted by Crippen LogP contribution is 2.38. The van der Waals surface area contributed by atoms with Gasteiger partial charge in [0.2, 0.25) is 0 Å². The molecule has 0 atom stereocenters. The van der Waals surface area contributed by atoms with Gasteiger partial charge in [-0.25, -0.2) is 0 Å². The van der Waals surface area contributed by atoms with Crippen molar-refractivity contribution in [3.05, 3.63) is 52.5 Å². The lowest BCUT2D eigenvalue weighted by atomic mass is 10.1. The van der Waals surface area contributed by atoms with Gasteiger partial charge in [-0.1, -0.05) is 34.1 Å². The van der Waals surface area contributed by atoms with Crippen molar-refractivity contribution in [3.63, 3.8) is 0 Å². The van der Waals surface area contributed by atoms with E-state index in [4.69, 9.17) is 5.73 Å². The molecule has 0 aliphatic heterocycles. The summed E-state index contributed by atoms with van der Waals surface area (Å²) in [6.07, 6.45) is 1.79. The van der Waals surface area contributed by atoms with Crippen molar-refractivity contribution in [3.8, 4) is 10.4 Å². The third kappa shape index (κ3) is 2.37. The molecule has 3 aromatic rings. The van der Waals surface area contributed by atoms with E-state index in [0.717, 1.165) is 21.3 Å². The molecule has 0 fully saturated rings. The second-order valence-corrected chi connectivity index (χ2v) is 6.49. The first-order valence-corrected chi connectivity index (χ1v) is 7.80. The summed E-state index contributed by atoms with van der Waals surface area (Å²) in [6.45, 7) is 0. The summed E-state index contributed by atoms with van der Waals surface area (Å²) in [6, 6.07) is 14.6. The summed E-state index contributed by atoms with van der Waals surface area (Å²) < 4.78 is 2.28. The van der Waals surface area contributed by atoms with Crippen LogP contribution < -0.4 is 5.73 Å². The van der Waals surface area contributed by atoms with Crippen molar-refractivity contribution in [2.24, 2.45) is 4.99 Å². The second-order valence-electron chi connectivity index (χ2n) is 4.49. The number of nitrogen functional groups attached to an aromatic ring is 1. The van der Waals surface area contributed by atoms with Crippen LogP contribution in [0.1, 0.15) is 5.56 Å². The van der Waals surface area contributed by atoms with Gasteiger partial charge in [0, 0.05) is 44.1 Å². The maximum absolute atomic E-state index is 6.29. The van der Waals surface area contributed by atoms with Gasteiger partial charge >= 0.3 is 0 Å². The van der Waals surface area contributed by atoms with Crippen LogP contribution in [0.4, 0.5) is 5.69 Å². The SMILES string of the molecule is CN=Cc1cc(Br)cc(-c2cc3ccccc3s2)c1N. The molecule has 20 heavy (non-hydrogen) atoms. The number of anilines is 1. The van der Waals surface area contributed by atoms with Gasteiger partial charge in [0.15, 0.2) is 0 Å². The molecule has 0 saturated heterocycles. The number of aliphatic imine (C=N–C) groups is 1. The predicted octanol–water partition coefficient (Wildman–Crippen LogP) is 4.96. The molecule has 0 unspecified atom stereocenters. The predicted molar refractivity (Wildman–Crippen MR) is 92.9 cm³/mol. The van der Waals surface area contributed by atoms with Gasteiger partial charge in [0.1, 0.15) is 0 Å². The lowest BCUT2D eigenvalue weighted by Gasteiger charge is -2.07. The summed E-state index contributed by atoms with van der Waals surface area (Å²) in [5.74, 6) is 0. The summed E-state index contributed by atoms with van der Waals surface area (Å²) in [5, 5.41) is 1.25. The molecular formula is C16H13BrN2S. The van der Waals surface area contributed by atoms with Crippen molar-refractivity contribution >= 4 is 49.3 Å². The zero-order valence-corrected chi connectivity index (χ0v) is 13.3. The first-order valence-electron chi connectivity index (χ1n) is 6.19. The van der Waals surface area contributed by atoms with E-state index in [1.807, 2.05) is 6.07 Å². The third-order valence-corrected chi connectivity index (χ3v) is 4.74. The Morgan fingerprint density at radius 2 is 2.00 bits per heavy atom. The fraction of sp³-hybridized carbons (Fsp3) is 0.0625. The number of hydrogen-bond donors (Lipinski definition) is 1. The molecule has 2 nitrogen and oxygen atoms in total. The fourth-order valence-electron chi connectivity index (χ4n) is 2.20. The molecule has 0 amide bonds. The Hall–Kier alpha value is -1.65. The van der Waals surface area contributed by atoms with Gasteiger partial charge < -0.3 is 5.73 Å². The van der Waals surface area contributed by atoms with Crippen LogP contribution in [-0.2, 0) is 0 Å². The van der Waals surface area contributed by atoms with Crippen LogP contribution in [0.15, 0.2) is 51.9 Å². The van der Waals surface area contributed by atoms with E-state index in [9.17, 15) is 0 Å². The lowest BCUT2D eigenvalue weighted by Crippen LogP contribution is -1.96. The zero-order chi connectivity index (χ0) is 14.1. The zero-order valence-electron chi connectivity index (χ0n) is 10.9. The largest absolute Gasteiger partial charge is 0.398 e. The molecule has 0 saturated carbocycles. The molecule has 100 valence electrons. The highest BCUT2D eigenvalue weighted by molar-refractivity contribution is 9.10. The van der Waals surface area contributed by atoms with Crippen LogP contribution in [-0.4, -0.2) is 13.3 Å². The Kier molecular flexibility index (Phi) is 3.59. The van der Waals surface area contributed by atoms with Crippen LogP contribution >= 0.6 is 27.3 Å². The van der Waals surface area contributed by atoms with Gasteiger partial charge in [0.25, 0.3) is 0 Å². The fourth-order valence-corrected chi connectivity index (χ4v) is 3.77. The molecule has 1 heterocycles. The van der Waals surface area contributed by atoms with Gasteiger partial charge in [-0.2, -0.15) is 0 Å². The maximum atomic E-state index is 6.29. The van der Waals surface area contributed by atoms with Gasteiger partial charge in [-0.15, -0.1) is 11.3 Å². The van der Waals surface area contributed by atoms with Gasteiger partial charge in [-0.3, -0.25) is 4.99 Å². The average Bonchev–Trinajstić information content (AvgIpc) is 2.86. The topological polar surface area (TPSA) is 38.4 Å². The molecule has 2 aromatic carbocycles. The van der Waals surface area contributed by atoms with Gasteiger partial charge in [0.05, 0.1) is 0 Å². The van der Waals surface area contributed by atoms with E-state index in [1.54, 1.807) is 24.6 Å². The van der Waals surface area contributed by atoms with Crippen LogP contribution in [0.2, 0.25) is 0 Å². The molecule has 0 bridgehead atoms. The second kappa shape index (κ2) is 5.38. The molecule has 0 radical (unpaired) electrons. The quantitative estimate of drug-likeness (QED) is 0.517. The van der Waals surface area contributed by atoms with Crippen LogP contribution in [0.5, 0.6) is 0 Å². The number of fused-ring (bicyclic) bond motifs is 1. The molecule has 3 rings (SSSR count). The summed E-state index contributed by atoms with van der Waals surface area (Å²) in [7, 11) is 1.75. The molecule has 0 aliphatic carbocycles. The maximum Gasteiger partial charge on any atom is 0.0491 e. The molecule has 0 aliphatic rings. The average molecular weight is 345 g/mol. The smallest absolute Gasteiger partial charge is 0.0491 e. The highest BCUT2D eigenvalue weighted by atomic mass is 79.9. The van der Waals surface area contributed by atoms with E-state index in [0.29, 0.717) is 0 Å². The Labute approximate surface area is 130 Å². The minimum Gasteiger partial charge on any atom is -0.398 e. The number of hydrogen-bond acceptors (Lipinski definition) is 3. The van der Waals surface area contributed by atoms with Crippen molar-refractivity contribution in [1.82, 2.24) is 0 Å². The van der Waals surface area contributed by atoms with E-state index in [2.05, 4.69) is 57.3 Å². The van der Waals surface area contributed by atoms with Crippen LogP contribution in [0, 0.1) is 0 Å². The molecule has 1 aromatic heterocycles. The van der Waals surface area contributed by atoms with E-state index in [1.165, 1.54) is 15.0 Å². The van der Waals surface area contributed by atoms with Gasteiger partial charge in [-0.05, 0) is 29.7 Å². The summed E-state index contributed by atoms with van der Waals surface area (Å²) in [4.78, 5) is 5.24. The van der Waals surface area contributed by atoms with E-state index >= 15 is 0 Å². The number of halogens is 1. The van der Waals surface area contributed by atoms with Crippen molar-refractivity contribution in [2.45, 2.75) is 0 Å². The van der Waals surface area contributed by atoms with Crippen LogP contribution in [0.25, 0.3) is 20.5 Å². The van der Waals surface area contributed by atoms with Crippen molar-refractivity contribution < 1.29 is 0 Å². The molecule has 4 heteroatoms. The monoisotopic (exact) mass is 344 g/mol. The standard InChI is InChI=1S/C16H13BrN2S/c1-19-9-11-6-12(17)8-13(16(11)18)15-7-10-4-2-3-5-14(10)20-15/h2-9H,18H2,1H3. The minimum absolute atomic E-state index is 0.769. The molecular weight excluding hydrogens is 332 g/mol. The Morgan fingerprint density at radius 3 is 2.75 bits per heavy atom. The number of benzene rings is 2. The van der Waals surface area contributed by atoms with E-state index in [-0.39, 0.29) is 0 Å². The summed E-state index contributed by atoms with van der Waals surface area (Å²) >= 11 is 5.30. The van der Waals surface area contributed by atoms with Crippen molar-refractivity contribution in [1.29, 1.82) is 0 Å². The van der Waals surface area contributed by atoms with Crippen molar-refractivity contribution in [2.75, 3.05) is 12.8 Å².